The van der Waals surface area contributed by atoms with Crippen LogP contribution in [0.3, 0.4) is 0 Å². The summed E-state index contributed by atoms with van der Waals surface area (Å²) in [6.07, 6.45) is -4.48. The van der Waals surface area contributed by atoms with E-state index in [4.69, 9.17) is 53.0 Å². The minimum Gasteiger partial charge on any atom is -0.465 e. The molecule has 0 aromatic heterocycles. The molecule has 3 aliphatic rings. The molecule has 11 atom stereocenters. The molecule has 0 spiro atoms. The van der Waals surface area contributed by atoms with Gasteiger partial charge in [-0.2, -0.15) is 0 Å². The van der Waals surface area contributed by atoms with Crippen LogP contribution in [0.1, 0.15) is 19.8 Å². The highest BCUT2D eigenvalue weighted by molar-refractivity contribution is 5.75. The maximum absolute atomic E-state index is 11.2. The zero-order valence-electron chi connectivity index (χ0n) is 21.0. The lowest BCUT2D eigenvalue weighted by molar-refractivity contribution is -0.303. The van der Waals surface area contributed by atoms with Crippen LogP contribution in [0, 0.1) is 5.41 Å². The number of likely N-dealkylation sites (N-methyl/N-ethyl adjacent to an activating group) is 1. The van der Waals surface area contributed by atoms with Gasteiger partial charge in [-0.25, -0.2) is 4.99 Å². The molecule has 1 aliphatic carbocycles. The summed E-state index contributed by atoms with van der Waals surface area (Å²) in [6.45, 7) is 1.48. The van der Waals surface area contributed by atoms with Gasteiger partial charge in [0.15, 0.2) is 18.2 Å². The maximum atomic E-state index is 11.2. The predicted octanol–water partition coefficient (Wildman–Crippen LogP) is -5.01. The van der Waals surface area contributed by atoms with Gasteiger partial charge in [0.25, 0.3) is 0 Å². The molecule has 212 valence electrons. The van der Waals surface area contributed by atoms with Gasteiger partial charge in [-0.05, 0) is 32.9 Å². The smallest absolute Gasteiger partial charge is 0.220 e. The Morgan fingerprint density at radius 2 is 1.78 bits per heavy atom. The molecule has 3 rings (SSSR count). The molecule has 1 saturated carbocycles. The van der Waals surface area contributed by atoms with E-state index in [1.54, 1.807) is 13.1 Å². The molecule has 1 saturated heterocycles. The Kier molecular flexibility index (Phi) is 9.54. The van der Waals surface area contributed by atoms with Gasteiger partial charge in [-0.1, -0.05) is 0 Å². The Hall–Kier alpha value is -2.28. The Bertz CT molecular complexity index is 856. The van der Waals surface area contributed by atoms with Crippen molar-refractivity contribution in [2.24, 2.45) is 33.7 Å². The Morgan fingerprint density at radius 1 is 1.16 bits per heavy atom. The number of aliphatic hydroxyl groups is 3. The predicted molar refractivity (Wildman–Crippen MR) is 133 cm³/mol. The highest BCUT2D eigenvalue weighted by atomic mass is 16.7. The van der Waals surface area contributed by atoms with Crippen molar-refractivity contribution >= 4 is 11.9 Å². The maximum Gasteiger partial charge on any atom is 0.220 e. The average Bonchev–Trinajstić information content (AvgIpc) is 2.80. The van der Waals surface area contributed by atoms with Crippen LogP contribution in [0.25, 0.3) is 0 Å². The average molecular weight is 532 g/mol. The first kappa shape index (κ1) is 29.3. The molecule has 0 radical (unpaired) electrons. The molecule has 16 N–H and O–H groups in total. The lowest BCUT2D eigenvalue weighted by Gasteiger charge is -2.48. The van der Waals surface area contributed by atoms with Crippen molar-refractivity contribution in [3.05, 3.63) is 11.8 Å². The van der Waals surface area contributed by atoms with Gasteiger partial charge in [0.2, 0.25) is 6.29 Å². The van der Waals surface area contributed by atoms with Crippen molar-refractivity contribution in [1.82, 2.24) is 10.6 Å². The molecule has 2 heterocycles. The highest BCUT2D eigenvalue weighted by Crippen LogP contribution is 2.31. The normalized spacial score (nSPS) is 42.3. The monoisotopic (exact) mass is 531 g/mol. The Labute approximate surface area is 215 Å². The van der Waals surface area contributed by atoms with Gasteiger partial charge in [0.1, 0.15) is 35.8 Å². The second kappa shape index (κ2) is 12.1. The fraction of sp³-hybridized carbons (Fsp3) is 0.810. The summed E-state index contributed by atoms with van der Waals surface area (Å²) in [5.74, 6) is 0.0180. The van der Waals surface area contributed by atoms with Gasteiger partial charge in [-0.3, -0.25) is 5.41 Å². The fourth-order valence-corrected chi connectivity index (χ4v) is 4.88. The van der Waals surface area contributed by atoms with Gasteiger partial charge < -0.3 is 73.6 Å². The van der Waals surface area contributed by atoms with Crippen molar-refractivity contribution in [2.75, 3.05) is 20.2 Å². The van der Waals surface area contributed by atoms with E-state index in [-0.39, 0.29) is 31.5 Å². The number of hydrogen-bond acceptors (Lipinski definition) is 12. The SMILES string of the molecule is CN[C@@H]1[C@@H](O)[C@@H](O[C@@H]2[C@@H](O)[C@H](O[C@H]3OC(CN=C(N)N)=CC[C@H]3NC(=N)N)[C@@H](N)C[C@H]2N)OC[C@]1(C)O. The van der Waals surface area contributed by atoms with Crippen LogP contribution in [0.5, 0.6) is 0 Å². The molecule has 0 unspecified atom stereocenters. The third-order valence-electron chi connectivity index (χ3n) is 6.74. The number of nitrogens with one attached hydrogen (secondary N) is 3. The quantitative estimate of drug-likeness (QED) is 0.103. The van der Waals surface area contributed by atoms with Crippen LogP contribution >= 0.6 is 0 Å². The molecular weight excluding hydrogens is 490 g/mol. The number of ether oxygens (including phenoxy) is 4. The second-order valence-corrected chi connectivity index (χ2v) is 9.85. The van der Waals surface area contributed by atoms with E-state index in [1.165, 1.54) is 6.92 Å². The first-order chi connectivity index (χ1) is 17.3. The summed E-state index contributed by atoms with van der Waals surface area (Å²) >= 11 is 0. The summed E-state index contributed by atoms with van der Waals surface area (Å²) in [5, 5.41) is 45.7. The standard InChI is InChI=1S/C21H41N9O7/c1-21(33)7-34-18(13(32)16(21)28-2)37-15-10(23)5-9(22)14(12(15)31)36-17-11(30-20(26)27)4-3-8(35-17)6-29-19(24)25/h3,9-18,28,31-33H,4-7,22-23H2,1-2H3,(H4,24,25,29)(H4,26,27,30)/t9-,10+,11+,12-,13+,14+,15-,16+,17+,18+,21-/m0/s1. The molecular formula is C21H41N9O7. The van der Waals surface area contributed by atoms with E-state index in [2.05, 4.69) is 15.6 Å². The number of aliphatic imine (C=N–C) groups is 1. The lowest BCUT2D eigenvalue weighted by atomic mass is 9.84. The van der Waals surface area contributed by atoms with Gasteiger partial charge in [0, 0.05) is 12.1 Å². The van der Waals surface area contributed by atoms with Crippen LogP contribution in [-0.2, 0) is 18.9 Å². The van der Waals surface area contributed by atoms with Crippen LogP contribution in [0.2, 0.25) is 0 Å². The number of guanidine groups is 2. The van der Waals surface area contributed by atoms with Gasteiger partial charge >= 0.3 is 0 Å². The summed E-state index contributed by atoms with van der Waals surface area (Å²) in [4.78, 5) is 3.93. The molecule has 0 aromatic rings. The zero-order valence-corrected chi connectivity index (χ0v) is 21.0. The van der Waals surface area contributed by atoms with E-state index in [1.807, 2.05) is 0 Å². The van der Waals surface area contributed by atoms with Crippen molar-refractivity contribution < 1.29 is 34.3 Å². The van der Waals surface area contributed by atoms with Crippen molar-refractivity contribution in [2.45, 2.75) is 86.5 Å². The molecule has 16 nitrogen and oxygen atoms in total. The van der Waals surface area contributed by atoms with E-state index in [0.717, 1.165) is 0 Å². The molecule has 2 aliphatic heterocycles. The molecule has 0 aromatic carbocycles. The third-order valence-corrected chi connectivity index (χ3v) is 6.74. The van der Waals surface area contributed by atoms with Gasteiger partial charge in [-0.15, -0.1) is 0 Å². The first-order valence-corrected chi connectivity index (χ1v) is 12.0. The molecule has 0 bridgehead atoms. The molecule has 2 fully saturated rings. The minimum atomic E-state index is -1.34. The fourth-order valence-electron chi connectivity index (χ4n) is 4.88. The zero-order chi connectivity index (χ0) is 27.5. The second-order valence-electron chi connectivity index (χ2n) is 9.85. The number of nitrogens with zero attached hydrogens (tertiary/aromatic N) is 1. The van der Waals surface area contributed by atoms with Crippen LogP contribution in [0.4, 0.5) is 0 Å². The lowest BCUT2D eigenvalue weighted by Crippen LogP contribution is -2.68. The van der Waals surface area contributed by atoms with E-state index in [9.17, 15) is 15.3 Å². The molecule has 16 heteroatoms. The number of rotatable bonds is 8. The summed E-state index contributed by atoms with van der Waals surface area (Å²) in [6, 6.07) is -2.72. The van der Waals surface area contributed by atoms with E-state index in [0.29, 0.717) is 12.2 Å². The highest BCUT2D eigenvalue weighted by Gasteiger charge is 2.50. The molecule has 0 amide bonds. The largest absolute Gasteiger partial charge is 0.465 e. The Balaban J connectivity index is 1.74. The van der Waals surface area contributed by atoms with Crippen molar-refractivity contribution in [3.8, 4) is 0 Å². The summed E-state index contributed by atoms with van der Waals surface area (Å²) < 4.78 is 23.5. The van der Waals surface area contributed by atoms with Crippen molar-refractivity contribution in [1.29, 1.82) is 5.41 Å². The minimum absolute atomic E-state index is 0.0676. The van der Waals surface area contributed by atoms with E-state index < -0.39 is 66.8 Å². The number of nitrogens with two attached hydrogens (primary N) is 5. The first-order valence-electron chi connectivity index (χ1n) is 12.0. The van der Waals surface area contributed by atoms with Crippen molar-refractivity contribution in [3.63, 3.8) is 0 Å². The molecule has 37 heavy (non-hydrogen) atoms. The van der Waals surface area contributed by atoms with E-state index >= 15 is 0 Å². The van der Waals surface area contributed by atoms with Crippen LogP contribution in [0.15, 0.2) is 16.8 Å². The van der Waals surface area contributed by atoms with Crippen LogP contribution < -0.4 is 39.3 Å². The van der Waals surface area contributed by atoms with Gasteiger partial charge in [0.05, 0.1) is 25.2 Å². The summed E-state index contributed by atoms with van der Waals surface area (Å²) in [5.41, 5.74) is 27.6. The Morgan fingerprint density at radius 3 is 2.35 bits per heavy atom. The topological polar surface area (TPSA) is 288 Å². The number of hydrogen-bond donors (Lipinski definition) is 11. The third kappa shape index (κ3) is 6.98. The number of aliphatic hydroxyl groups excluding tert-OH is 2. The summed E-state index contributed by atoms with van der Waals surface area (Å²) in [7, 11) is 1.60. The van der Waals surface area contributed by atoms with Crippen LogP contribution in [-0.4, -0.2) is 114 Å².